The molecule has 1 heterocycles. The van der Waals surface area contributed by atoms with Crippen LogP contribution in [0.2, 0.25) is 0 Å². The molecule has 0 aliphatic carbocycles. The van der Waals surface area contributed by atoms with Crippen LogP contribution in [-0.2, 0) is 9.47 Å². The second-order valence-electron chi connectivity index (χ2n) is 1.77. The number of nitrogens with zero attached hydrogens (tertiary/aromatic N) is 1. The van der Waals surface area contributed by atoms with Crippen LogP contribution in [0.25, 0.3) is 0 Å². The summed E-state index contributed by atoms with van der Waals surface area (Å²) in [7, 11) is 3.16. The van der Waals surface area contributed by atoms with E-state index in [1.54, 1.807) is 26.5 Å². The normalized spacial score (nSPS) is 23.4. The molecule has 0 fully saturated rings. The van der Waals surface area contributed by atoms with Gasteiger partial charge in [0.15, 0.2) is 5.88 Å². The largest absolute Gasteiger partial charge is 0.482 e. The van der Waals surface area contributed by atoms with E-state index in [4.69, 9.17) is 9.47 Å². The van der Waals surface area contributed by atoms with E-state index in [1.807, 2.05) is 0 Å². The van der Waals surface area contributed by atoms with E-state index in [0.29, 0.717) is 5.88 Å². The fraction of sp³-hybridized carbons (Fsp3) is 0.500. The molecule has 0 saturated heterocycles. The van der Waals surface area contributed by atoms with Gasteiger partial charge in [0.05, 0.1) is 7.11 Å². The average Bonchev–Trinajstić information content (AvgIpc) is 2.05. The van der Waals surface area contributed by atoms with Crippen LogP contribution in [0.5, 0.6) is 0 Å². The van der Waals surface area contributed by atoms with Gasteiger partial charge in [0.2, 0.25) is 6.35 Å². The molecular weight excluding hydrogens is 132 g/mol. The molecule has 1 atom stereocenters. The standard InChI is InChI=1S/C6H10N2O2/c1-9-5-3-4-7-6(8-5)10-2/h3-4,6,8H,1-2H3. The first-order valence-corrected chi connectivity index (χ1v) is 2.93. The molecule has 56 valence electrons. The lowest BCUT2D eigenvalue weighted by Gasteiger charge is -2.17. The van der Waals surface area contributed by atoms with Crippen molar-refractivity contribution in [2.45, 2.75) is 6.35 Å². The molecule has 0 aromatic heterocycles. The number of allylic oxidation sites excluding steroid dienone is 1. The van der Waals surface area contributed by atoms with Crippen molar-refractivity contribution in [3.8, 4) is 0 Å². The van der Waals surface area contributed by atoms with Crippen molar-refractivity contribution in [3.05, 3.63) is 12.0 Å². The van der Waals surface area contributed by atoms with E-state index in [2.05, 4.69) is 10.3 Å². The van der Waals surface area contributed by atoms with E-state index in [0.717, 1.165) is 0 Å². The van der Waals surface area contributed by atoms with Gasteiger partial charge >= 0.3 is 0 Å². The minimum absolute atomic E-state index is 0.306. The minimum atomic E-state index is -0.306. The maximum atomic E-state index is 4.90. The van der Waals surface area contributed by atoms with Crippen LogP contribution in [0, 0.1) is 0 Å². The second kappa shape index (κ2) is 3.22. The first-order chi connectivity index (χ1) is 4.86. The van der Waals surface area contributed by atoms with Crippen molar-refractivity contribution in [1.29, 1.82) is 0 Å². The highest BCUT2D eigenvalue weighted by atomic mass is 16.5. The van der Waals surface area contributed by atoms with Gasteiger partial charge in [-0.3, -0.25) is 0 Å². The number of hydrogen-bond donors (Lipinski definition) is 1. The van der Waals surface area contributed by atoms with Gasteiger partial charge in [-0.05, 0) is 0 Å². The van der Waals surface area contributed by atoms with Gasteiger partial charge in [-0.15, -0.1) is 0 Å². The summed E-state index contributed by atoms with van der Waals surface area (Å²) in [6.07, 6.45) is 3.07. The molecule has 10 heavy (non-hydrogen) atoms. The molecule has 0 spiro atoms. The zero-order valence-electron chi connectivity index (χ0n) is 6.00. The Kier molecular flexibility index (Phi) is 2.28. The van der Waals surface area contributed by atoms with Crippen LogP contribution >= 0.6 is 0 Å². The molecule has 0 bridgehead atoms. The van der Waals surface area contributed by atoms with Crippen molar-refractivity contribution in [1.82, 2.24) is 5.32 Å². The summed E-state index contributed by atoms with van der Waals surface area (Å²) in [5.74, 6) is 0.668. The van der Waals surface area contributed by atoms with Gasteiger partial charge < -0.3 is 14.8 Å². The lowest BCUT2D eigenvalue weighted by molar-refractivity contribution is 0.0696. The molecule has 0 amide bonds. The van der Waals surface area contributed by atoms with Crippen molar-refractivity contribution >= 4 is 6.21 Å². The Bertz CT molecular complexity index is 165. The Hall–Kier alpha value is -1.03. The van der Waals surface area contributed by atoms with Crippen molar-refractivity contribution in [2.75, 3.05) is 14.2 Å². The summed E-state index contributed by atoms with van der Waals surface area (Å²) in [5.41, 5.74) is 0. The number of hydrogen-bond acceptors (Lipinski definition) is 4. The Balaban J connectivity index is 2.50. The molecular formula is C6H10N2O2. The summed E-state index contributed by atoms with van der Waals surface area (Å²) in [5, 5.41) is 2.87. The van der Waals surface area contributed by atoms with E-state index >= 15 is 0 Å². The van der Waals surface area contributed by atoms with Crippen LogP contribution in [0.4, 0.5) is 0 Å². The molecule has 1 rings (SSSR count). The number of aliphatic imine (C=N–C) groups is 1. The highest BCUT2D eigenvalue weighted by molar-refractivity contribution is 5.72. The lowest BCUT2D eigenvalue weighted by atomic mass is 10.5. The van der Waals surface area contributed by atoms with Gasteiger partial charge in [-0.25, -0.2) is 4.99 Å². The van der Waals surface area contributed by atoms with E-state index < -0.39 is 0 Å². The lowest BCUT2D eigenvalue weighted by Crippen LogP contribution is -2.31. The van der Waals surface area contributed by atoms with Crippen LogP contribution in [0.1, 0.15) is 0 Å². The molecule has 4 heteroatoms. The minimum Gasteiger partial charge on any atom is -0.482 e. The Morgan fingerprint density at radius 3 is 3.00 bits per heavy atom. The van der Waals surface area contributed by atoms with E-state index in [-0.39, 0.29) is 6.35 Å². The third-order valence-corrected chi connectivity index (χ3v) is 1.16. The summed E-state index contributed by atoms with van der Waals surface area (Å²) >= 11 is 0. The number of methoxy groups -OCH3 is 2. The highest BCUT2D eigenvalue weighted by Crippen LogP contribution is 1.98. The first kappa shape index (κ1) is 7.08. The quantitative estimate of drug-likeness (QED) is 0.593. The van der Waals surface area contributed by atoms with E-state index in [1.165, 1.54) is 0 Å². The summed E-state index contributed by atoms with van der Waals surface area (Å²) in [6.45, 7) is 0. The van der Waals surface area contributed by atoms with Crippen molar-refractivity contribution in [3.63, 3.8) is 0 Å². The van der Waals surface area contributed by atoms with Gasteiger partial charge in [-0.2, -0.15) is 0 Å². The number of nitrogens with one attached hydrogen (secondary N) is 1. The molecule has 0 saturated carbocycles. The van der Waals surface area contributed by atoms with Gasteiger partial charge in [0, 0.05) is 19.4 Å². The highest BCUT2D eigenvalue weighted by Gasteiger charge is 2.07. The monoisotopic (exact) mass is 142 g/mol. The maximum Gasteiger partial charge on any atom is 0.227 e. The number of ether oxygens (including phenoxy) is 2. The Labute approximate surface area is 59.5 Å². The van der Waals surface area contributed by atoms with Gasteiger partial charge in [0.25, 0.3) is 0 Å². The predicted octanol–water partition coefficient (Wildman–Crippen LogP) is 0.0782. The van der Waals surface area contributed by atoms with Crippen LogP contribution in [0.15, 0.2) is 17.0 Å². The predicted molar refractivity (Wildman–Crippen MR) is 37.5 cm³/mol. The molecule has 1 aliphatic heterocycles. The maximum absolute atomic E-state index is 4.90. The summed E-state index contributed by atoms with van der Waals surface area (Å²) in [4.78, 5) is 3.93. The SMILES string of the molecule is COC1=CC=NC(OC)N1. The summed E-state index contributed by atoms with van der Waals surface area (Å²) in [6, 6.07) is 0. The zero-order chi connectivity index (χ0) is 7.40. The van der Waals surface area contributed by atoms with Crippen molar-refractivity contribution in [2.24, 2.45) is 4.99 Å². The molecule has 1 aliphatic rings. The van der Waals surface area contributed by atoms with Crippen LogP contribution < -0.4 is 5.32 Å². The molecule has 1 N–H and O–H groups in total. The van der Waals surface area contributed by atoms with Crippen LogP contribution in [0.3, 0.4) is 0 Å². The zero-order valence-corrected chi connectivity index (χ0v) is 6.00. The van der Waals surface area contributed by atoms with Crippen LogP contribution in [-0.4, -0.2) is 26.8 Å². The smallest absolute Gasteiger partial charge is 0.227 e. The third-order valence-electron chi connectivity index (χ3n) is 1.16. The first-order valence-electron chi connectivity index (χ1n) is 2.93. The fourth-order valence-electron chi connectivity index (χ4n) is 0.643. The Morgan fingerprint density at radius 1 is 1.60 bits per heavy atom. The van der Waals surface area contributed by atoms with Gasteiger partial charge in [-0.1, -0.05) is 0 Å². The fourth-order valence-corrected chi connectivity index (χ4v) is 0.643. The molecule has 0 aromatic carbocycles. The Morgan fingerprint density at radius 2 is 2.40 bits per heavy atom. The molecule has 0 aromatic rings. The average molecular weight is 142 g/mol. The van der Waals surface area contributed by atoms with Gasteiger partial charge in [0.1, 0.15) is 0 Å². The van der Waals surface area contributed by atoms with Crippen molar-refractivity contribution < 1.29 is 9.47 Å². The second-order valence-corrected chi connectivity index (χ2v) is 1.77. The summed E-state index contributed by atoms with van der Waals surface area (Å²) < 4.78 is 9.80. The topological polar surface area (TPSA) is 42.9 Å². The van der Waals surface area contributed by atoms with E-state index in [9.17, 15) is 0 Å². The molecule has 4 nitrogen and oxygen atoms in total. The molecule has 0 radical (unpaired) electrons. The number of rotatable bonds is 2. The third kappa shape index (κ3) is 1.48. The molecule has 1 unspecified atom stereocenters.